The molecule has 1 aromatic heterocycles. The Balaban J connectivity index is 2.52. The van der Waals surface area contributed by atoms with Crippen molar-refractivity contribution in [2.24, 2.45) is 0 Å². The van der Waals surface area contributed by atoms with Crippen molar-refractivity contribution in [3.05, 3.63) is 52.1 Å². The number of H-pyrrole nitrogens is 1. The first-order valence-electron chi connectivity index (χ1n) is 6.03. The highest BCUT2D eigenvalue weighted by molar-refractivity contribution is 5.63. The second-order valence-corrected chi connectivity index (χ2v) is 4.22. The molecule has 0 radical (unpaired) electrons. The van der Waals surface area contributed by atoms with Crippen LogP contribution in [0.2, 0.25) is 0 Å². The van der Waals surface area contributed by atoms with Crippen molar-refractivity contribution < 1.29 is 0 Å². The van der Waals surface area contributed by atoms with Gasteiger partial charge in [-0.15, -0.1) is 0 Å². The number of aromatic amines is 1. The van der Waals surface area contributed by atoms with Crippen molar-refractivity contribution in [1.29, 1.82) is 0 Å². The van der Waals surface area contributed by atoms with Gasteiger partial charge in [-0.3, -0.25) is 4.79 Å². The maximum Gasteiger partial charge on any atom is 0.252 e. The Labute approximate surface area is 106 Å². The molecule has 0 aliphatic carbocycles. The highest BCUT2D eigenvalue weighted by atomic mass is 16.1. The van der Waals surface area contributed by atoms with Gasteiger partial charge in [0.1, 0.15) is 11.6 Å². The van der Waals surface area contributed by atoms with E-state index in [9.17, 15) is 4.79 Å². The fourth-order valence-corrected chi connectivity index (χ4v) is 2.02. The van der Waals surface area contributed by atoms with Crippen LogP contribution in [0.3, 0.4) is 0 Å². The normalized spacial score (nSPS) is 10.4. The van der Waals surface area contributed by atoms with Crippen LogP contribution in [0, 0.1) is 13.8 Å². The molecule has 94 valence electrons. The van der Waals surface area contributed by atoms with Gasteiger partial charge in [-0.05, 0) is 32.4 Å². The first-order chi connectivity index (χ1) is 8.61. The number of nitrogens with zero attached hydrogens (tertiary/aromatic N) is 2. The topological polar surface area (TPSA) is 49.0 Å². The molecule has 2 aromatic rings. The number of rotatable bonds is 3. The molecule has 2 rings (SSSR count). The number of hydrogen-bond acceptors (Lipinski definition) is 3. The maximum atomic E-state index is 11.5. The average molecular weight is 243 g/mol. The molecular formula is C14H17N3O. The Hall–Kier alpha value is -2.10. The molecule has 4 heteroatoms. The summed E-state index contributed by atoms with van der Waals surface area (Å²) >= 11 is 0. The monoisotopic (exact) mass is 243 g/mol. The van der Waals surface area contributed by atoms with Crippen molar-refractivity contribution in [1.82, 2.24) is 9.97 Å². The second kappa shape index (κ2) is 5.04. The molecule has 4 nitrogen and oxygen atoms in total. The van der Waals surface area contributed by atoms with E-state index < -0.39 is 0 Å². The number of benzene rings is 1. The lowest BCUT2D eigenvalue weighted by Gasteiger charge is -2.23. The van der Waals surface area contributed by atoms with Crippen molar-refractivity contribution in [3.8, 4) is 0 Å². The van der Waals surface area contributed by atoms with E-state index in [0.717, 1.165) is 12.2 Å². The maximum absolute atomic E-state index is 11.5. The van der Waals surface area contributed by atoms with Gasteiger partial charge in [0, 0.05) is 18.3 Å². The minimum atomic E-state index is -0.121. The standard InChI is InChI=1S/C14H17N3O/c1-4-17(12-8-6-5-7-10(12)2)13-9-14(18)16-11(3)15-13/h5-9H,4H2,1-3H3,(H,15,16,18). The summed E-state index contributed by atoms with van der Waals surface area (Å²) in [5, 5.41) is 0. The Morgan fingerprint density at radius 1 is 1.28 bits per heavy atom. The van der Waals surface area contributed by atoms with E-state index in [1.165, 1.54) is 11.6 Å². The zero-order valence-corrected chi connectivity index (χ0v) is 10.9. The smallest absolute Gasteiger partial charge is 0.252 e. The Kier molecular flexibility index (Phi) is 3.46. The van der Waals surface area contributed by atoms with Gasteiger partial charge in [-0.1, -0.05) is 18.2 Å². The van der Waals surface area contributed by atoms with E-state index in [0.29, 0.717) is 11.6 Å². The average Bonchev–Trinajstić information content (AvgIpc) is 2.31. The van der Waals surface area contributed by atoms with Crippen LogP contribution < -0.4 is 10.5 Å². The van der Waals surface area contributed by atoms with Gasteiger partial charge < -0.3 is 9.88 Å². The largest absolute Gasteiger partial charge is 0.326 e. The highest BCUT2D eigenvalue weighted by Crippen LogP contribution is 2.25. The molecule has 18 heavy (non-hydrogen) atoms. The summed E-state index contributed by atoms with van der Waals surface area (Å²) in [4.78, 5) is 20.6. The molecule has 0 saturated heterocycles. The molecule has 0 bridgehead atoms. The second-order valence-electron chi connectivity index (χ2n) is 4.22. The van der Waals surface area contributed by atoms with E-state index in [1.54, 1.807) is 6.92 Å². The molecule has 1 N–H and O–H groups in total. The van der Waals surface area contributed by atoms with Crippen LogP contribution in [-0.2, 0) is 0 Å². The van der Waals surface area contributed by atoms with Crippen LogP contribution in [0.1, 0.15) is 18.3 Å². The van der Waals surface area contributed by atoms with E-state index in [1.807, 2.05) is 30.0 Å². The van der Waals surface area contributed by atoms with Crippen molar-refractivity contribution >= 4 is 11.5 Å². The summed E-state index contributed by atoms with van der Waals surface area (Å²) < 4.78 is 0. The van der Waals surface area contributed by atoms with Crippen LogP contribution in [0.25, 0.3) is 0 Å². The first-order valence-corrected chi connectivity index (χ1v) is 6.03. The Bertz CT molecular complexity index is 604. The summed E-state index contributed by atoms with van der Waals surface area (Å²) in [6, 6.07) is 9.62. The molecule has 0 saturated carbocycles. The Morgan fingerprint density at radius 3 is 2.61 bits per heavy atom. The van der Waals surface area contributed by atoms with Gasteiger partial charge in [0.05, 0.1) is 0 Å². The number of anilines is 2. The summed E-state index contributed by atoms with van der Waals surface area (Å²) in [6.45, 7) is 6.65. The zero-order chi connectivity index (χ0) is 13.1. The molecule has 0 unspecified atom stereocenters. The Morgan fingerprint density at radius 2 is 2.00 bits per heavy atom. The third-order valence-corrected chi connectivity index (χ3v) is 2.85. The quantitative estimate of drug-likeness (QED) is 0.901. The SMILES string of the molecule is CCN(c1cc(=O)[nH]c(C)n1)c1ccccc1C. The molecule has 0 spiro atoms. The lowest BCUT2D eigenvalue weighted by molar-refractivity contribution is 0.934. The fraction of sp³-hybridized carbons (Fsp3) is 0.286. The van der Waals surface area contributed by atoms with Gasteiger partial charge in [0.25, 0.3) is 5.56 Å². The van der Waals surface area contributed by atoms with E-state index in [4.69, 9.17) is 0 Å². The third kappa shape index (κ3) is 2.42. The first kappa shape index (κ1) is 12.4. The number of aromatic nitrogens is 2. The van der Waals surface area contributed by atoms with Crippen LogP contribution >= 0.6 is 0 Å². The minimum Gasteiger partial charge on any atom is -0.326 e. The molecule has 0 atom stereocenters. The van der Waals surface area contributed by atoms with Crippen molar-refractivity contribution in [3.63, 3.8) is 0 Å². The minimum absolute atomic E-state index is 0.121. The highest BCUT2D eigenvalue weighted by Gasteiger charge is 2.11. The van der Waals surface area contributed by atoms with Gasteiger partial charge in [0.2, 0.25) is 0 Å². The lowest BCUT2D eigenvalue weighted by atomic mass is 10.2. The van der Waals surface area contributed by atoms with E-state index >= 15 is 0 Å². The van der Waals surface area contributed by atoms with Crippen molar-refractivity contribution in [2.75, 3.05) is 11.4 Å². The van der Waals surface area contributed by atoms with Crippen LogP contribution in [-0.4, -0.2) is 16.5 Å². The van der Waals surface area contributed by atoms with E-state index in [-0.39, 0.29) is 5.56 Å². The molecule has 0 aliphatic rings. The van der Waals surface area contributed by atoms with Gasteiger partial charge >= 0.3 is 0 Å². The molecule has 1 heterocycles. The summed E-state index contributed by atoms with van der Waals surface area (Å²) in [7, 11) is 0. The molecular weight excluding hydrogens is 226 g/mol. The summed E-state index contributed by atoms with van der Waals surface area (Å²) in [5.41, 5.74) is 2.13. The van der Waals surface area contributed by atoms with Gasteiger partial charge in [0.15, 0.2) is 0 Å². The molecule has 1 aromatic carbocycles. The predicted octanol–water partition coefficient (Wildman–Crippen LogP) is 2.54. The van der Waals surface area contributed by atoms with Crippen LogP contribution in [0.4, 0.5) is 11.5 Å². The molecule has 0 fully saturated rings. The summed E-state index contributed by atoms with van der Waals surface area (Å²) in [5.74, 6) is 1.32. The van der Waals surface area contributed by atoms with Gasteiger partial charge in [-0.2, -0.15) is 0 Å². The zero-order valence-electron chi connectivity index (χ0n) is 10.9. The summed E-state index contributed by atoms with van der Waals surface area (Å²) in [6.07, 6.45) is 0. The molecule has 0 amide bonds. The van der Waals surface area contributed by atoms with Gasteiger partial charge in [-0.25, -0.2) is 4.98 Å². The van der Waals surface area contributed by atoms with E-state index in [2.05, 4.69) is 23.0 Å². The predicted molar refractivity (Wildman–Crippen MR) is 73.5 cm³/mol. The number of para-hydroxylation sites is 1. The van der Waals surface area contributed by atoms with Crippen LogP contribution in [0.5, 0.6) is 0 Å². The fourth-order valence-electron chi connectivity index (χ4n) is 2.02. The lowest BCUT2D eigenvalue weighted by Crippen LogP contribution is -2.21. The molecule has 0 aliphatic heterocycles. The third-order valence-electron chi connectivity index (χ3n) is 2.85. The number of hydrogen-bond donors (Lipinski definition) is 1. The van der Waals surface area contributed by atoms with Crippen molar-refractivity contribution in [2.45, 2.75) is 20.8 Å². The number of nitrogens with one attached hydrogen (secondary N) is 1. The van der Waals surface area contributed by atoms with Crippen LogP contribution in [0.15, 0.2) is 35.1 Å². The number of aryl methyl sites for hydroxylation is 2.